The van der Waals surface area contributed by atoms with Gasteiger partial charge in [0.15, 0.2) is 5.82 Å². The van der Waals surface area contributed by atoms with Crippen molar-refractivity contribution in [1.29, 1.82) is 0 Å². The van der Waals surface area contributed by atoms with Crippen molar-refractivity contribution in [3.8, 4) is 11.1 Å². The second kappa shape index (κ2) is 4.95. The van der Waals surface area contributed by atoms with Gasteiger partial charge in [-0.3, -0.25) is 0 Å². The summed E-state index contributed by atoms with van der Waals surface area (Å²) in [7, 11) is 1.83. The summed E-state index contributed by atoms with van der Waals surface area (Å²) in [5.74, 6) is 1.20. The normalized spacial score (nSPS) is 10.8. The summed E-state index contributed by atoms with van der Waals surface area (Å²) in [6, 6.07) is 10.2. The number of thiophene rings is 1. The molecule has 3 aromatic rings. The molecule has 0 saturated carbocycles. The van der Waals surface area contributed by atoms with Gasteiger partial charge >= 0.3 is 0 Å². The maximum Gasteiger partial charge on any atom is 0.157 e. The van der Waals surface area contributed by atoms with E-state index < -0.39 is 0 Å². The first-order chi connectivity index (χ1) is 9.33. The first kappa shape index (κ1) is 12.1. The van der Waals surface area contributed by atoms with Crippen LogP contribution in [0.2, 0.25) is 0 Å². The Kier molecular flexibility index (Phi) is 3.15. The summed E-state index contributed by atoms with van der Waals surface area (Å²) in [6.07, 6.45) is 0. The number of nitrogens with zero attached hydrogens (tertiary/aromatic N) is 2. The smallest absolute Gasteiger partial charge is 0.157 e. The van der Waals surface area contributed by atoms with Crippen LogP contribution in [0, 0.1) is 0 Å². The summed E-state index contributed by atoms with van der Waals surface area (Å²) in [4.78, 5) is 9.59. The first-order valence-electron chi connectivity index (χ1n) is 5.95. The van der Waals surface area contributed by atoms with E-state index in [1.54, 1.807) is 11.3 Å². The minimum atomic E-state index is -0.150. The molecule has 2 N–H and O–H groups in total. The lowest BCUT2D eigenvalue weighted by Crippen LogP contribution is -2.00. The molecule has 96 valence electrons. The summed E-state index contributed by atoms with van der Waals surface area (Å²) in [6.45, 7) is -0.150. The summed E-state index contributed by atoms with van der Waals surface area (Å²) < 4.78 is 0. The Bertz CT molecular complexity index is 709. The highest BCUT2D eigenvalue weighted by molar-refractivity contribution is 7.17. The van der Waals surface area contributed by atoms with Crippen LogP contribution >= 0.6 is 11.3 Å². The third-order valence-electron chi connectivity index (χ3n) is 2.94. The molecule has 0 aliphatic heterocycles. The van der Waals surface area contributed by atoms with Crippen molar-refractivity contribution < 1.29 is 5.11 Å². The molecule has 19 heavy (non-hydrogen) atoms. The topological polar surface area (TPSA) is 58.0 Å². The maximum absolute atomic E-state index is 9.19. The van der Waals surface area contributed by atoms with Crippen LogP contribution < -0.4 is 5.32 Å². The third-order valence-corrected chi connectivity index (χ3v) is 3.82. The minimum absolute atomic E-state index is 0.150. The van der Waals surface area contributed by atoms with E-state index in [4.69, 9.17) is 0 Å². The number of hydrogen-bond donors (Lipinski definition) is 2. The van der Waals surface area contributed by atoms with Gasteiger partial charge in [-0.05, 0) is 5.56 Å². The van der Waals surface area contributed by atoms with Crippen LogP contribution in [-0.4, -0.2) is 22.1 Å². The predicted molar refractivity (Wildman–Crippen MR) is 78.3 cm³/mol. The highest BCUT2D eigenvalue weighted by Crippen LogP contribution is 2.36. The zero-order valence-electron chi connectivity index (χ0n) is 10.4. The number of nitrogens with one attached hydrogen (secondary N) is 1. The minimum Gasteiger partial charge on any atom is -0.388 e. The average molecular weight is 271 g/mol. The van der Waals surface area contributed by atoms with E-state index in [9.17, 15) is 5.11 Å². The Labute approximate surface area is 114 Å². The number of aromatic nitrogens is 2. The van der Waals surface area contributed by atoms with Gasteiger partial charge in [0.1, 0.15) is 17.3 Å². The quantitative estimate of drug-likeness (QED) is 0.769. The van der Waals surface area contributed by atoms with Gasteiger partial charge in [-0.15, -0.1) is 11.3 Å². The van der Waals surface area contributed by atoms with Gasteiger partial charge in [0, 0.05) is 18.0 Å². The molecule has 3 rings (SSSR count). The van der Waals surface area contributed by atoms with Gasteiger partial charge in [-0.2, -0.15) is 0 Å². The van der Waals surface area contributed by atoms with Gasteiger partial charge in [-0.25, -0.2) is 9.97 Å². The van der Waals surface area contributed by atoms with Crippen molar-refractivity contribution in [2.24, 2.45) is 0 Å². The van der Waals surface area contributed by atoms with E-state index >= 15 is 0 Å². The standard InChI is InChI=1S/C14H13N3OS/c1-15-13-12-10(9-5-3-2-4-6-9)8-19-14(12)17-11(7-18)16-13/h2-6,8,18H,7H2,1H3,(H,15,16,17). The van der Waals surface area contributed by atoms with Gasteiger partial charge in [0.05, 0.1) is 5.39 Å². The Balaban J connectivity index is 2.28. The number of benzene rings is 1. The van der Waals surface area contributed by atoms with E-state index in [1.807, 2.05) is 25.2 Å². The second-order valence-corrected chi connectivity index (χ2v) is 4.95. The summed E-state index contributed by atoms with van der Waals surface area (Å²) in [5.41, 5.74) is 2.26. The first-order valence-corrected chi connectivity index (χ1v) is 6.83. The molecule has 0 aliphatic carbocycles. The molecule has 2 heterocycles. The molecule has 0 saturated heterocycles. The molecule has 0 atom stereocenters. The van der Waals surface area contributed by atoms with E-state index in [-0.39, 0.29) is 6.61 Å². The van der Waals surface area contributed by atoms with Crippen molar-refractivity contribution in [3.63, 3.8) is 0 Å². The zero-order chi connectivity index (χ0) is 13.2. The van der Waals surface area contributed by atoms with Crippen LogP contribution in [0.15, 0.2) is 35.7 Å². The molecular weight excluding hydrogens is 258 g/mol. The highest BCUT2D eigenvalue weighted by atomic mass is 32.1. The number of hydrogen-bond acceptors (Lipinski definition) is 5. The molecule has 5 heteroatoms. The van der Waals surface area contributed by atoms with Crippen LogP contribution in [0.25, 0.3) is 21.3 Å². The highest BCUT2D eigenvalue weighted by Gasteiger charge is 2.13. The SMILES string of the molecule is CNc1nc(CO)nc2scc(-c3ccccc3)c12. The summed E-state index contributed by atoms with van der Waals surface area (Å²) in [5, 5.41) is 15.4. The molecule has 0 amide bonds. The predicted octanol–water partition coefficient (Wildman–Crippen LogP) is 2.89. The molecule has 0 unspecified atom stereocenters. The monoisotopic (exact) mass is 271 g/mol. The average Bonchev–Trinajstić information content (AvgIpc) is 2.91. The van der Waals surface area contributed by atoms with Crippen LogP contribution in [0.5, 0.6) is 0 Å². The van der Waals surface area contributed by atoms with E-state index in [2.05, 4.69) is 32.8 Å². The van der Waals surface area contributed by atoms with Crippen LogP contribution in [0.3, 0.4) is 0 Å². The molecule has 1 aromatic carbocycles. The van der Waals surface area contributed by atoms with Crippen molar-refractivity contribution in [2.75, 3.05) is 12.4 Å². The largest absolute Gasteiger partial charge is 0.388 e. The number of aliphatic hydroxyl groups is 1. The second-order valence-electron chi connectivity index (χ2n) is 4.09. The zero-order valence-corrected chi connectivity index (χ0v) is 11.2. The maximum atomic E-state index is 9.19. The molecule has 0 fully saturated rings. The molecular formula is C14H13N3OS. The van der Waals surface area contributed by atoms with Gasteiger partial charge in [0.2, 0.25) is 0 Å². The van der Waals surface area contributed by atoms with Gasteiger partial charge < -0.3 is 10.4 Å². The molecule has 0 spiro atoms. The Hall–Kier alpha value is -1.98. The molecule has 4 nitrogen and oxygen atoms in total. The third kappa shape index (κ3) is 2.07. The lowest BCUT2D eigenvalue weighted by molar-refractivity contribution is 0.272. The van der Waals surface area contributed by atoms with Crippen molar-refractivity contribution >= 4 is 27.4 Å². The molecule has 0 bridgehead atoms. The fourth-order valence-corrected chi connectivity index (χ4v) is 3.03. The van der Waals surface area contributed by atoms with Crippen molar-refractivity contribution in [3.05, 3.63) is 41.5 Å². The number of rotatable bonds is 3. The Morgan fingerprint density at radius 2 is 2.00 bits per heavy atom. The van der Waals surface area contributed by atoms with Crippen LogP contribution in [0.1, 0.15) is 5.82 Å². The Morgan fingerprint density at radius 1 is 1.21 bits per heavy atom. The lowest BCUT2D eigenvalue weighted by Gasteiger charge is -2.06. The fraction of sp³-hybridized carbons (Fsp3) is 0.143. The Morgan fingerprint density at radius 3 is 2.68 bits per heavy atom. The molecule has 0 aliphatic rings. The van der Waals surface area contributed by atoms with Crippen LogP contribution in [-0.2, 0) is 6.61 Å². The van der Waals surface area contributed by atoms with Crippen molar-refractivity contribution in [2.45, 2.75) is 6.61 Å². The number of anilines is 1. The van der Waals surface area contributed by atoms with E-state index in [1.165, 1.54) is 0 Å². The lowest BCUT2D eigenvalue weighted by atomic mass is 10.1. The number of aliphatic hydroxyl groups excluding tert-OH is 1. The van der Waals surface area contributed by atoms with Crippen LogP contribution in [0.4, 0.5) is 5.82 Å². The van der Waals surface area contributed by atoms with Gasteiger partial charge in [-0.1, -0.05) is 30.3 Å². The van der Waals surface area contributed by atoms with Gasteiger partial charge in [0.25, 0.3) is 0 Å². The summed E-state index contributed by atoms with van der Waals surface area (Å²) >= 11 is 1.57. The van der Waals surface area contributed by atoms with E-state index in [0.717, 1.165) is 27.2 Å². The molecule has 2 aromatic heterocycles. The van der Waals surface area contributed by atoms with Crippen molar-refractivity contribution in [1.82, 2.24) is 9.97 Å². The van der Waals surface area contributed by atoms with E-state index in [0.29, 0.717) is 5.82 Å². The molecule has 0 radical (unpaired) electrons. The fourth-order valence-electron chi connectivity index (χ4n) is 2.07. The number of fused-ring (bicyclic) bond motifs is 1.